The van der Waals surface area contributed by atoms with E-state index in [0.717, 1.165) is 46.8 Å². The van der Waals surface area contributed by atoms with E-state index in [2.05, 4.69) is 23.2 Å². The highest BCUT2D eigenvalue weighted by Gasteiger charge is 2.14. The maximum atomic E-state index is 12.5. The normalized spacial score (nSPS) is 14.2. The van der Waals surface area contributed by atoms with Gasteiger partial charge in [-0.05, 0) is 75.1 Å². The molecule has 160 valence electrons. The number of aryl methyl sites for hydroxylation is 1. The monoisotopic (exact) mass is 415 g/mol. The predicted octanol–water partition coefficient (Wildman–Crippen LogP) is 5.58. The summed E-state index contributed by atoms with van der Waals surface area (Å²) in [5, 5.41) is 4.02. The molecule has 0 saturated carbocycles. The van der Waals surface area contributed by atoms with Crippen LogP contribution in [0.25, 0.3) is 17.0 Å². The molecular weight excluding hydrogens is 386 g/mol. The fourth-order valence-electron chi connectivity index (χ4n) is 3.99. The van der Waals surface area contributed by atoms with Crippen LogP contribution >= 0.6 is 0 Å². The van der Waals surface area contributed by atoms with Crippen LogP contribution in [0.5, 0.6) is 5.75 Å². The summed E-state index contributed by atoms with van der Waals surface area (Å²) < 4.78 is 5.61. The van der Waals surface area contributed by atoms with Gasteiger partial charge in [-0.2, -0.15) is 0 Å². The average Bonchev–Trinajstić information content (AvgIpc) is 2.79. The molecule has 2 aromatic carbocycles. The van der Waals surface area contributed by atoms with E-state index < -0.39 is 0 Å². The number of amides is 1. The number of carbonyl (C=O) groups excluding carboxylic acids is 1. The number of rotatable bonds is 6. The lowest BCUT2D eigenvalue weighted by atomic mass is 10.1. The van der Waals surface area contributed by atoms with Crippen LogP contribution in [0.15, 0.2) is 54.6 Å². The van der Waals surface area contributed by atoms with Crippen LogP contribution in [-0.2, 0) is 4.79 Å². The molecule has 0 aliphatic carbocycles. The highest BCUT2D eigenvalue weighted by atomic mass is 16.5. The van der Waals surface area contributed by atoms with Crippen molar-refractivity contribution in [1.82, 2.24) is 4.98 Å². The summed E-state index contributed by atoms with van der Waals surface area (Å²) in [5.74, 6) is 1.64. The number of pyridine rings is 1. The first-order valence-electron chi connectivity index (χ1n) is 11.0. The second-order valence-electron chi connectivity index (χ2n) is 7.87. The lowest BCUT2D eigenvalue weighted by Gasteiger charge is -2.28. The smallest absolute Gasteiger partial charge is 0.248 e. The van der Waals surface area contributed by atoms with Crippen molar-refractivity contribution in [2.75, 3.05) is 29.9 Å². The lowest BCUT2D eigenvalue weighted by molar-refractivity contribution is -0.111. The number of nitrogens with one attached hydrogen (secondary N) is 1. The lowest BCUT2D eigenvalue weighted by Crippen LogP contribution is -2.30. The molecule has 1 N–H and O–H groups in total. The van der Waals surface area contributed by atoms with Crippen molar-refractivity contribution < 1.29 is 9.53 Å². The quantitative estimate of drug-likeness (QED) is 0.534. The number of piperidine rings is 1. The van der Waals surface area contributed by atoms with E-state index in [-0.39, 0.29) is 5.91 Å². The second kappa shape index (κ2) is 9.65. The van der Waals surface area contributed by atoms with Gasteiger partial charge in [-0.15, -0.1) is 0 Å². The minimum absolute atomic E-state index is 0.179. The zero-order valence-corrected chi connectivity index (χ0v) is 18.2. The summed E-state index contributed by atoms with van der Waals surface area (Å²) in [6.45, 7) is 6.78. The Morgan fingerprint density at radius 3 is 2.74 bits per heavy atom. The van der Waals surface area contributed by atoms with Crippen LogP contribution in [0.2, 0.25) is 0 Å². The van der Waals surface area contributed by atoms with E-state index in [1.807, 2.05) is 49.4 Å². The number of para-hydroxylation sites is 1. The molecule has 5 heteroatoms. The third-order valence-electron chi connectivity index (χ3n) is 5.58. The van der Waals surface area contributed by atoms with Gasteiger partial charge in [-0.3, -0.25) is 4.79 Å². The van der Waals surface area contributed by atoms with E-state index >= 15 is 0 Å². The average molecular weight is 416 g/mol. The molecule has 1 saturated heterocycles. The van der Waals surface area contributed by atoms with E-state index in [4.69, 9.17) is 9.72 Å². The number of aromatic nitrogens is 1. The van der Waals surface area contributed by atoms with Crippen LogP contribution in [0.3, 0.4) is 0 Å². The van der Waals surface area contributed by atoms with Gasteiger partial charge in [-0.25, -0.2) is 4.98 Å². The summed E-state index contributed by atoms with van der Waals surface area (Å²) in [7, 11) is 0. The minimum Gasteiger partial charge on any atom is -0.493 e. The molecule has 0 spiro atoms. The van der Waals surface area contributed by atoms with Crippen molar-refractivity contribution in [1.29, 1.82) is 0 Å². The molecule has 1 fully saturated rings. The summed E-state index contributed by atoms with van der Waals surface area (Å²) in [6.07, 6.45) is 7.07. The van der Waals surface area contributed by atoms with E-state index in [9.17, 15) is 4.79 Å². The zero-order valence-electron chi connectivity index (χ0n) is 18.2. The Bertz CT molecular complexity index is 1100. The SMILES string of the molecule is CCOc1ccccc1/C=C/C(=O)Nc1ccc2nc(N3CCCCC3)cc(C)c2c1. The molecule has 1 aliphatic heterocycles. The molecular formula is C26H29N3O2. The third kappa shape index (κ3) is 5.05. The summed E-state index contributed by atoms with van der Waals surface area (Å²) >= 11 is 0. The number of ether oxygens (including phenoxy) is 1. The maximum absolute atomic E-state index is 12.5. The van der Waals surface area contributed by atoms with Crippen molar-refractivity contribution in [3.05, 3.63) is 65.7 Å². The standard InChI is InChI=1S/C26H29N3O2/c1-3-31-24-10-6-5-9-20(24)11-14-26(30)27-21-12-13-23-22(18-21)19(2)17-25(28-23)29-15-7-4-8-16-29/h5-6,9-14,17-18H,3-4,7-8,15-16H2,1-2H3,(H,27,30)/b14-11+. The van der Waals surface area contributed by atoms with E-state index in [1.54, 1.807) is 6.08 Å². The van der Waals surface area contributed by atoms with Gasteiger partial charge in [0.25, 0.3) is 0 Å². The largest absolute Gasteiger partial charge is 0.493 e. The van der Waals surface area contributed by atoms with E-state index in [1.165, 1.54) is 30.9 Å². The van der Waals surface area contributed by atoms with Crippen molar-refractivity contribution in [2.24, 2.45) is 0 Å². The Labute approximate surface area is 183 Å². The molecule has 2 heterocycles. The van der Waals surface area contributed by atoms with Gasteiger partial charge in [0.15, 0.2) is 0 Å². The van der Waals surface area contributed by atoms with Crippen molar-refractivity contribution in [2.45, 2.75) is 33.1 Å². The Hall–Kier alpha value is -3.34. The third-order valence-corrected chi connectivity index (χ3v) is 5.58. The molecule has 1 aliphatic rings. The van der Waals surface area contributed by atoms with E-state index in [0.29, 0.717) is 6.61 Å². The van der Waals surface area contributed by atoms with Crippen molar-refractivity contribution in [3.63, 3.8) is 0 Å². The van der Waals surface area contributed by atoms with Gasteiger partial charge >= 0.3 is 0 Å². The molecule has 0 unspecified atom stereocenters. The van der Waals surface area contributed by atoms with Crippen molar-refractivity contribution >= 4 is 34.4 Å². The number of nitrogens with zero attached hydrogens (tertiary/aromatic N) is 2. The Kier molecular flexibility index (Phi) is 6.51. The van der Waals surface area contributed by atoms with Crippen LogP contribution in [0, 0.1) is 6.92 Å². The van der Waals surface area contributed by atoms with Gasteiger partial charge in [0.2, 0.25) is 5.91 Å². The number of hydrogen-bond acceptors (Lipinski definition) is 4. The molecule has 4 rings (SSSR count). The number of anilines is 2. The van der Waals surface area contributed by atoms with Crippen LogP contribution in [0.1, 0.15) is 37.3 Å². The Morgan fingerprint density at radius 1 is 1.13 bits per heavy atom. The Balaban J connectivity index is 1.49. The van der Waals surface area contributed by atoms with Gasteiger partial charge in [0, 0.05) is 35.8 Å². The first-order valence-corrected chi connectivity index (χ1v) is 11.0. The summed E-state index contributed by atoms with van der Waals surface area (Å²) in [6, 6.07) is 15.7. The van der Waals surface area contributed by atoms with Gasteiger partial charge < -0.3 is 15.0 Å². The second-order valence-corrected chi connectivity index (χ2v) is 7.87. The Morgan fingerprint density at radius 2 is 1.94 bits per heavy atom. The summed E-state index contributed by atoms with van der Waals surface area (Å²) in [4.78, 5) is 19.7. The van der Waals surface area contributed by atoms with Gasteiger partial charge in [0.05, 0.1) is 12.1 Å². The maximum Gasteiger partial charge on any atom is 0.248 e. The predicted molar refractivity (Wildman–Crippen MR) is 128 cm³/mol. The number of fused-ring (bicyclic) bond motifs is 1. The van der Waals surface area contributed by atoms with Crippen LogP contribution in [-0.4, -0.2) is 30.6 Å². The fourth-order valence-corrected chi connectivity index (χ4v) is 3.99. The molecule has 0 bridgehead atoms. The molecule has 31 heavy (non-hydrogen) atoms. The number of benzene rings is 2. The first-order chi connectivity index (χ1) is 15.1. The molecule has 1 amide bonds. The highest BCUT2D eigenvalue weighted by Crippen LogP contribution is 2.27. The molecule has 1 aromatic heterocycles. The number of carbonyl (C=O) groups is 1. The fraction of sp³-hybridized carbons (Fsp3) is 0.308. The summed E-state index contributed by atoms with van der Waals surface area (Å²) in [5.41, 5.74) is 3.77. The van der Waals surface area contributed by atoms with Gasteiger partial charge in [-0.1, -0.05) is 18.2 Å². The van der Waals surface area contributed by atoms with Crippen LogP contribution < -0.4 is 15.0 Å². The van der Waals surface area contributed by atoms with Crippen molar-refractivity contribution in [3.8, 4) is 5.75 Å². The molecule has 0 atom stereocenters. The molecule has 5 nitrogen and oxygen atoms in total. The first kappa shape index (κ1) is 20.9. The van der Waals surface area contributed by atoms with Crippen LogP contribution in [0.4, 0.5) is 11.5 Å². The van der Waals surface area contributed by atoms with Gasteiger partial charge in [0.1, 0.15) is 11.6 Å². The molecule has 3 aromatic rings. The minimum atomic E-state index is -0.179. The topological polar surface area (TPSA) is 54.5 Å². The zero-order chi connectivity index (χ0) is 21.6. The highest BCUT2D eigenvalue weighted by molar-refractivity contribution is 6.03. The number of hydrogen-bond donors (Lipinski definition) is 1. The molecule has 0 radical (unpaired) electrons.